The Labute approximate surface area is 224 Å². The summed E-state index contributed by atoms with van der Waals surface area (Å²) in [6.07, 6.45) is 16.2. The summed E-state index contributed by atoms with van der Waals surface area (Å²) in [6.45, 7) is 9.19. The number of aromatic nitrogens is 1. The minimum absolute atomic E-state index is 0.119. The maximum Gasteiger partial charge on any atom is 0.360 e. The molecule has 9 nitrogen and oxygen atoms in total. The van der Waals surface area contributed by atoms with Crippen LogP contribution in [-0.4, -0.2) is 47.5 Å². The normalized spacial score (nSPS) is 18.2. The number of aliphatic hydroxyl groups is 1. The molecule has 0 spiro atoms. The zero-order valence-corrected chi connectivity index (χ0v) is 23.0. The first-order chi connectivity index (χ1) is 18.0. The predicted molar refractivity (Wildman–Crippen MR) is 144 cm³/mol. The third kappa shape index (κ3) is 9.06. The van der Waals surface area contributed by atoms with Crippen LogP contribution in [0, 0.1) is 11.3 Å². The Bertz CT molecular complexity index is 1080. The lowest BCUT2D eigenvalue weighted by atomic mass is 9.77. The second-order valence-corrected chi connectivity index (χ2v) is 10.0. The van der Waals surface area contributed by atoms with E-state index in [2.05, 4.69) is 15.8 Å². The summed E-state index contributed by atoms with van der Waals surface area (Å²) in [7, 11) is 1.29. The van der Waals surface area contributed by atoms with Crippen molar-refractivity contribution in [3.8, 4) is 0 Å². The molecule has 38 heavy (non-hydrogen) atoms. The molecule has 0 aliphatic heterocycles. The second kappa shape index (κ2) is 14.4. The lowest BCUT2D eigenvalue weighted by molar-refractivity contribution is -0.154. The Balaban J connectivity index is 1.97. The molecule has 0 unspecified atom stereocenters. The topological polar surface area (TPSA) is 134 Å². The maximum atomic E-state index is 12.6. The van der Waals surface area contributed by atoms with Gasteiger partial charge in [-0.1, -0.05) is 55.9 Å². The Kier molecular flexibility index (Phi) is 11.6. The van der Waals surface area contributed by atoms with E-state index < -0.39 is 29.6 Å². The molecule has 1 aromatic heterocycles. The molecule has 1 aromatic rings. The molecular weight excluding hydrogens is 488 g/mol. The van der Waals surface area contributed by atoms with Crippen LogP contribution in [-0.2, 0) is 19.0 Å². The highest BCUT2D eigenvalue weighted by atomic mass is 16.5. The predicted octanol–water partition coefficient (Wildman–Crippen LogP) is 4.86. The Morgan fingerprint density at radius 3 is 2.66 bits per heavy atom. The molecule has 208 valence electrons. The summed E-state index contributed by atoms with van der Waals surface area (Å²) >= 11 is 0. The van der Waals surface area contributed by atoms with Gasteiger partial charge in [0.25, 0.3) is 0 Å². The molecule has 1 heterocycles. The number of carbonyl (C=O) groups excluding carboxylic acids is 2. The average Bonchev–Trinajstić information content (AvgIpc) is 3.32. The Hall–Kier alpha value is -3.59. The van der Waals surface area contributed by atoms with E-state index in [9.17, 15) is 14.7 Å². The molecule has 3 N–H and O–H groups in total. The van der Waals surface area contributed by atoms with Gasteiger partial charge in [0.1, 0.15) is 18.6 Å². The van der Waals surface area contributed by atoms with Crippen molar-refractivity contribution in [1.29, 1.82) is 0 Å². The number of nitrogens with two attached hydrogens (primary N) is 1. The molecule has 2 rings (SSSR count). The van der Waals surface area contributed by atoms with Crippen LogP contribution in [0.2, 0.25) is 0 Å². The molecule has 0 bridgehead atoms. The van der Waals surface area contributed by atoms with E-state index in [0.717, 1.165) is 12.8 Å². The number of oxazole rings is 1. The number of allylic oxidation sites excluding steroid dienone is 5. The maximum absolute atomic E-state index is 12.6. The van der Waals surface area contributed by atoms with Gasteiger partial charge in [-0.15, -0.1) is 0 Å². The van der Waals surface area contributed by atoms with E-state index in [1.807, 2.05) is 52.8 Å². The molecule has 1 aliphatic carbocycles. The van der Waals surface area contributed by atoms with Gasteiger partial charge in [0, 0.05) is 17.9 Å². The quantitative estimate of drug-likeness (QED) is 0.159. The third-order valence-electron chi connectivity index (χ3n) is 6.21. The monoisotopic (exact) mass is 528 g/mol. The number of hydrogen-bond acceptors (Lipinski definition) is 9. The van der Waals surface area contributed by atoms with Gasteiger partial charge in [0.15, 0.2) is 11.4 Å². The highest BCUT2D eigenvalue weighted by Gasteiger charge is 2.38. The summed E-state index contributed by atoms with van der Waals surface area (Å²) in [5.74, 6) is -0.536. The molecule has 9 heteroatoms. The highest BCUT2D eigenvalue weighted by Crippen LogP contribution is 2.35. The average molecular weight is 529 g/mol. The second-order valence-electron chi connectivity index (χ2n) is 10.0. The van der Waals surface area contributed by atoms with Gasteiger partial charge >= 0.3 is 11.9 Å². The fourth-order valence-electron chi connectivity index (χ4n) is 3.69. The lowest BCUT2D eigenvalue weighted by Crippen LogP contribution is -2.42. The molecule has 0 saturated heterocycles. The molecule has 2 atom stereocenters. The molecule has 1 fully saturated rings. The number of methoxy groups -OCH3 is 1. The van der Waals surface area contributed by atoms with Crippen molar-refractivity contribution >= 4 is 18.0 Å². The number of aliphatic hydroxyl groups excluding tert-OH is 1. The largest absolute Gasteiger partial charge is 0.496 e. The van der Waals surface area contributed by atoms with E-state index >= 15 is 0 Å². The van der Waals surface area contributed by atoms with Crippen molar-refractivity contribution in [3.63, 3.8) is 0 Å². The summed E-state index contributed by atoms with van der Waals surface area (Å²) < 4.78 is 20.9. The number of hydrogen-bond donors (Lipinski definition) is 2. The van der Waals surface area contributed by atoms with Crippen molar-refractivity contribution < 1.29 is 33.3 Å². The van der Waals surface area contributed by atoms with Gasteiger partial charge in [-0.3, -0.25) is 0 Å². The van der Waals surface area contributed by atoms with Gasteiger partial charge in [-0.05, 0) is 39.5 Å². The lowest BCUT2D eigenvalue weighted by Gasteiger charge is -2.36. The smallest absolute Gasteiger partial charge is 0.360 e. The first-order valence-corrected chi connectivity index (χ1v) is 12.7. The standard InChI is InChI=1S/C29H40N2O7/c1-7-10-24(32)29(4,5)25(38-27(33)22(30)17-36-19(2)3)13-8-11-20-15-21(16-20)12-9-14-26-31-23(18-37-26)28(34)35-6/h7-12,14,17-20,24-25,32H,13,15-16,30H2,1-6H3/b10-7+,11-8-,14-9-,21-12?,22-17-/t20?,24-,25-/m0/s1. The molecule has 0 aromatic carbocycles. The number of carbonyl (C=O) groups is 2. The van der Waals surface area contributed by atoms with Gasteiger partial charge in [-0.25, -0.2) is 14.6 Å². The van der Waals surface area contributed by atoms with Crippen molar-refractivity contribution in [3.05, 3.63) is 71.8 Å². The first kappa shape index (κ1) is 30.6. The number of nitrogens with zero attached hydrogens (tertiary/aromatic N) is 1. The number of rotatable bonds is 13. The van der Waals surface area contributed by atoms with E-state index in [4.69, 9.17) is 19.6 Å². The van der Waals surface area contributed by atoms with Crippen LogP contribution >= 0.6 is 0 Å². The zero-order valence-electron chi connectivity index (χ0n) is 23.0. The summed E-state index contributed by atoms with van der Waals surface area (Å²) in [5, 5.41) is 10.7. The van der Waals surface area contributed by atoms with Gasteiger partial charge in [0.2, 0.25) is 5.89 Å². The van der Waals surface area contributed by atoms with Crippen molar-refractivity contribution in [2.75, 3.05) is 7.11 Å². The van der Waals surface area contributed by atoms with E-state index in [0.29, 0.717) is 18.2 Å². The number of ether oxygens (including phenoxy) is 3. The fourth-order valence-corrected chi connectivity index (χ4v) is 3.69. The molecule has 1 saturated carbocycles. The number of esters is 2. The van der Waals surface area contributed by atoms with Crippen LogP contribution in [0.5, 0.6) is 0 Å². The molecular formula is C29H40N2O7. The van der Waals surface area contributed by atoms with Crippen molar-refractivity contribution in [2.24, 2.45) is 17.1 Å². The van der Waals surface area contributed by atoms with Gasteiger partial charge in [-0.2, -0.15) is 0 Å². The molecule has 0 radical (unpaired) electrons. The van der Waals surface area contributed by atoms with Gasteiger partial charge in [0.05, 0.1) is 19.3 Å². The third-order valence-corrected chi connectivity index (χ3v) is 6.21. The van der Waals surface area contributed by atoms with Crippen molar-refractivity contribution in [1.82, 2.24) is 4.98 Å². The van der Waals surface area contributed by atoms with Crippen LogP contribution in [0.25, 0.3) is 6.08 Å². The van der Waals surface area contributed by atoms with E-state index in [-0.39, 0.29) is 17.5 Å². The van der Waals surface area contributed by atoms with Crippen LogP contribution in [0.1, 0.15) is 70.3 Å². The van der Waals surface area contributed by atoms with E-state index in [1.165, 1.54) is 25.2 Å². The summed E-state index contributed by atoms with van der Waals surface area (Å²) in [4.78, 5) is 28.1. The van der Waals surface area contributed by atoms with E-state index in [1.54, 1.807) is 18.2 Å². The van der Waals surface area contributed by atoms with Crippen molar-refractivity contribution in [2.45, 2.75) is 72.2 Å². The highest BCUT2D eigenvalue weighted by molar-refractivity contribution is 5.87. The van der Waals surface area contributed by atoms with Crippen LogP contribution in [0.15, 0.2) is 64.7 Å². The van der Waals surface area contributed by atoms with Gasteiger partial charge < -0.3 is 29.5 Å². The molecule has 0 amide bonds. The summed E-state index contributed by atoms with van der Waals surface area (Å²) in [5.41, 5.74) is 6.35. The van der Waals surface area contributed by atoms with Crippen LogP contribution in [0.4, 0.5) is 0 Å². The first-order valence-electron chi connectivity index (χ1n) is 12.7. The zero-order chi connectivity index (χ0) is 28.3. The fraction of sp³-hybridized carbons (Fsp3) is 0.483. The Morgan fingerprint density at radius 2 is 2.03 bits per heavy atom. The minimum atomic E-state index is -0.812. The Morgan fingerprint density at radius 1 is 1.32 bits per heavy atom. The minimum Gasteiger partial charge on any atom is -0.496 e. The van der Waals surface area contributed by atoms with Crippen LogP contribution in [0.3, 0.4) is 0 Å². The molecule has 1 aliphatic rings. The SMILES string of the molecule is C/C=C/[C@H](O)C(C)(C)[C@H](C/C=C\C1CC(=C/C=C\c2nc(C(=O)OC)co2)C1)OC(=O)/C(N)=C/OC(C)C. The van der Waals surface area contributed by atoms with Crippen LogP contribution < -0.4 is 5.73 Å². The summed E-state index contributed by atoms with van der Waals surface area (Å²) in [6, 6.07) is 0.